The smallest absolute Gasteiger partial charge is 0.332 e. The monoisotopic (exact) mass is 572 g/mol. The van der Waals surface area contributed by atoms with E-state index < -0.39 is 11.6 Å². The molecule has 1 aliphatic rings. The first-order valence-corrected chi connectivity index (χ1v) is 15.2. The summed E-state index contributed by atoms with van der Waals surface area (Å²) in [6.07, 6.45) is 10.1. The minimum Gasteiger partial charge on any atom is -0.487 e. The predicted molar refractivity (Wildman–Crippen MR) is 158 cm³/mol. The molecular weight excluding hydrogens is 524 g/mol. The average Bonchev–Trinajstić information content (AvgIpc) is 2.99. The van der Waals surface area contributed by atoms with E-state index in [1.54, 1.807) is 6.92 Å². The number of hydrogen-bond acceptors (Lipinski definition) is 8. The van der Waals surface area contributed by atoms with Gasteiger partial charge in [-0.25, -0.2) is 4.79 Å². The Morgan fingerprint density at radius 3 is 1.68 bits per heavy atom. The number of unbranched alkanes of at least 4 members (excludes halogenated alkanes) is 7. The lowest BCUT2D eigenvalue weighted by atomic mass is 9.96. The van der Waals surface area contributed by atoms with Crippen LogP contribution in [0.1, 0.15) is 71.6 Å². The normalized spacial score (nSPS) is 15.7. The first kappa shape index (κ1) is 32.5. The fourth-order valence-electron chi connectivity index (χ4n) is 4.66. The number of fused-ring (bicyclic) bond motifs is 2. The summed E-state index contributed by atoms with van der Waals surface area (Å²) in [6.45, 7) is 6.05. The van der Waals surface area contributed by atoms with E-state index in [1.165, 1.54) is 32.1 Å². The second-order valence-corrected chi connectivity index (χ2v) is 10.3. The predicted octanol–water partition coefficient (Wildman–Crippen LogP) is 6.78. The molecule has 2 aromatic carbocycles. The number of benzene rings is 2. The van der Waals surface area contributed by atoms with Gasteiger partial charge >= 0.3 is 5.97 Å². The molecule has 0 aromatic heterocycles. The highest BCUT2D eigenvalue weighted by Crippen LogP contribution is 2.32. The summed E-state index contributed by atoms with van der Waals surface area (Å²) in [5, 5.41) is 0. The van der Waals surface area contributed by atoms with Crippen molar-refractivity contribution in [3.05, 3.63) is 48.5 Å². The third-order valence-electron chi connectivity index (χ3n) is 6.94. The molecule has 228 valence electrons. The van der Waals surface area contributed by atoms with E-state index in [-0.39, 0.29) is 19.8 Å². The van der Waals surface area contributed by atoms with E-state index in [1.807, 2.05) is 48.5 Å². The Morgan fingerprint density at radius 1 is 0.683 bits per heavy atom. The average molecular weight is 573 g/mol. The number of para-hydroxylation sites is 4. The Bertz CT molecular complexity index is 939. The molecular formula is C33H48O8. The molecule has 0 bridgehead atoms. The number of hydrogen-bond donors (Lipinski definition) is 0. The summed E-state index contributed by atoms with van der Waals surface area (Å²) in [5.74, 6) is 2.03. The van der Waals surface area contributed by atoms with Crippen LogP contribution in [-0.4, -0.2) is 64.4 Å². The highest BCUT2D eigenvalue weighted by molar-refractivity contribution is 5.70. The van der Waals surface area contributed by atoms with Crippen molar-refractivity contribution in [1.82, 2.24) is 0 Å². The molecule has 2 aromatic rings. The van der Waals surface area contributed by atoms with E-state index in [0.717, 1.165) is 19.3 Å². The van der Waals surface area contributed by atoms with Gasteiger partial charge in [0.25, 0.3) is 0 Å². The van der Waals surface area contributed by atoms with Crippen LogP contribution in [0.3, 0.4) is 0 Å². The largest absolute Gasteiger partial charge is 0.487 e. The first-order valence-electron chi connectivity index (χ1n) is 15.2. The lowest BCUT2D eigenvalue weighted by Crippen LogP contribution is -2.46. The van der Waals surface area contributed by atoms with Gasteiger partial charge in [0, 0.05) is 0 Å². The molecule has 0 amide bonds. The number of esters is 1. The quantitative estimate of drug-likeness (QED) is 0.192. The summed E-state index contributed by atoms with van der Waals surface area (Å²) in [7, 11) is 0. The minimum atomic E-state index is -0.907. The van der Waals surface area contributed by atoms with Crippen LogP contribution >= 0.6 is 0 Å². The van der Waals surface area contributed by atoms with Gasteiger partial charge in [-0.15, -0.1) is 0 Å². The Balaban J connectivity index is 1.81. The summed E-state index contributed by atoms with van der Waals surface area (Å²) in [5.41, 5.74) is -0.907. The van der Waals surface area contributed by atoms with Gasteiger partial charge < -0.3 is 33.2 Å². The van der Waals surface area contributed by atoms with Gasteiger partial charge in [-0.05, 0) is 37.6 Å². The maximum absolute atomic E-state index is 12.4. The lowest BCUT2D eigenvalue weighted by Gasteiger charge is -2.34. The molecule has 0 aliphatic carbocycles. The zero-order valence-corrected chi connectivity index (χ0v) is 24.9. The zero-order valence-electron chi connectivity index (χ0n) is 24.9. The van der Waals surface area contributed by atoms with Crippen molar-refractivity contribution in [2.75, 3.05) is 52.9 Å². The highest BCUT2D eigenvalue weighted by Gasteiger charge is 2.35. The van der Waals surface area contributed by atoms with Gasteiger partial charge in [0.1, 0.15) is 38.6 Å². The number of rotatable bonds is 13. The lowest BCUT2D eigenvalue weighted by molar-refractivity contribution is -0.162. The highest BCUT2D eigenvalue weighted by atomic mass is 16.6. The van der Waals surface area contributed by atoms with E-state index in [9.17, 15) is 4.79 Å². The number of ether oxygens (including phenoxy) is 7. The van der Waals surface area contributed by atoms with Crippen molar-refractivity contribution in [3.63, 3.8) is 0 Å². The van der Waals surface area contributed by atoms with Crippen LogP contribution in [0.5, 0.6) is 23.0 Å². The van der Waals surface area contributed by atoms with E-state index in [0.29, 0.717) is 62.5 Å². The fraction of sp³-hybridized carbons (Fsp3) is 0.606. The Kier molecular flexibility index (Phi) is 15.2. The molecule has 41 heavy (non-hydrogen) atoms. The minimum absolute atomic E-state index is 0.169. The molecule has 0 saturated carbocycles. The molecule has 0 saturated heterocycles. The Labute approximate surface area is 245 Å². The summed E-state index contributed by atoms with van der Waals surface area (Å²) < 4.78 is 41.8. The molecule has 0 unspecified atom stereocenters. The molecule has 1 aliphatic heterocycles. The van der Waals surface area contributed by atoms with Crippen LogP contribution < -0.4 is 18.9 Å². The van der Waals surface area contributed by atoms with E-state index >= 15 is 0 Å². The van der Waals surface area contributed by atoms with Gasteiger partial charge in [-0.1, -0.05) is 82.6 Å². The van der Waals surface area contributed by atoms with E-state index in [4.69, 9.17) is 33.2 Å². The summed E-state index contributed by atoms with van der Waals surface area (Å²) in [6, 6.07) is 15.1. The molecule has 0 atom stereocenters. The van der Waals surface area contributed by atoms with Crippen LogP contribution in [-0.2, 0) is 19.0 Å². The van der Waals surface area contributed by atoms with Crippen LogP contribution in [0.4, 0.5) is 0 Å². The van der Waals surface area contributed by atoms with Crippen molar-refractivity contribution in [3.8, 4) is 23.0 Å². The molecule has 0 fully saturated rings. The topological polar surface area (TPSA) is 81.7 Å². The molecule has 0 N–H and O–H groups in total. The van der Waals surface area contributed by atoms with Gasteiger partial charge in [-0.3, -0.25) is 0 Å². The van der Waals surface area contributed by atoms with E-state index in [2.05, 4.69) is 6.92 Å². The maximum Gasteiger partial charge on any atom is 0.332 e. The van der Waals surface area contributed by atoms with Gasteiger partial charge in [0.2, 0.25) is 0 Å². The molecule has 8 heteroatoms. The molecule has 8 nitrogen and oxygen atoms in total. The van der Waals surface area contributed by atoms with Crippen molar-refractivity contribution in [2.45, 2.75) is 77.2 Å². The SMILES string of the molecule is CCCCCCCCCCC1(OCC(=O)OCC)COc2ccccc2OCCOCCOc2ccccc2OC1. The maximum atomic E-state index is 12.4. The standard InChI is InChI=1S/C33H48O8/c1-3-5-6-7-8-9-10-15-20-33(41-25-32(34)36-4-2)26-39-30-18-13-11-16-28(30)37-23-21-35-22-24-38-29-17-12-14-19-31(29)40-27-33/h11-14,16-19H,3-10,15,20-27H2,1-2H3. The summed E-state index contributed by atoms with van der Waals surface area (Å²) >= 11 is 0. The summed E-state index contributed by atoms with van der Waals surface area (Å²) in [4.78, 5) is 12.4. The van der Waals surface area contributed by atoms with Crippen LogP contribution in [0.25, 0.3) is 0 Å². The zero-order chi connectivity index (χ0) is 29.0. The molecule has 0 radical (unpaired) electrons. The molecule has 1 heterocycles. The van der Waals surface area contributed by atoms with Gasteiger partial charge in [-0.2, -0.15) is 0 Å². The number of carbonyl (C=O) groups is 1. The van der Waals surface area contributed by atoms with Crippen molar-refractivity contribution in [2.24, 2.45) is 0 Å². The third-order valence-corrected chi connectivity index (χ3v) is 6.94. The van der Waals surface area contributed by atoms with Crippen molar-refractivity contribution in [1.29, 1.82) is 0 Å². The Morgan fingerprint density at radius 2 is 1.17 bits per heavy atom. The third kappa shape index (κ3) is 12.2. The van der Waals surface area contributed by atoms with Crippen molar-refractivity contribution < 1.29 is 38.0 Å². The van der Waals surface area contributed by atoms with Gasteiger partial charge in [0.05, 0.1) is 19.8 Å². The Hall–Kier alpha value is -2.97. The van der Waals surface area contributed by atoms with Gasteiger partial charge in [0.15, 0.2) is 23.0 Å². The van der Waals surface area contributed by atoms with Crippen LogP contribution in [0, 0.1) is 0 Å². The van der Waals surface area contributed by atoms with Crippen LogP contribution in [0.2, 0.25) is 0 Å². The number of carbonyl (C=O) groups excluding carboxylic acids is 1. The first-order chi connectivity index (χ1) is 20.2. The second-order valence-electron chi connectivity index (χ2n) is 10.3. The fourth-order valence-corrected chi connectivity index (χ4v) is 4.66. The van der Waals surface area contributed by atoms with Crippen molar-refractivity contribution >= 4 is 5.97 Å². The van der Waals surface area contributed by atoms with Crippen LogP contribution in [0.15, 0.2) is 48.5 Å². The molecule has 0 spiro atoms. The molecule has 3 rings (SSSR count). The second kappa shape index (κ2) is 19.2.